The lowest BCUT2D eigenvalue weighted by atomic mass is 10.1. The molecular formula is C23H28N4OS. The van der Waals surface area contributed by atoms with Gasteiger partial charge in [-0.05, 0) is 25.5 Å². The van der Waals surface area contributed by atoms with Crippen molar-refractivity contribution < 1.29 is 4.74 Å². The number of nitrogens with two attached hydrogens (primary N) is 1. The number of nitrogens with zero attached hydrogens (tertiary/aromatic N) is 3. The van der Waals surface area contributed by atoms with Gasteiger partial charge in [0, 0.05) is 37.1 Å². The zero-order valence-corrected chi connectivity index (χ0v) is 17.9. The number of hydrogen-bond acceptors (Lipinski definition) is 6. The molecular weight excluding hydrogens is 380 g/mol. The van der Waals surface area contributed by atoms with Crippen LogP contribution in [-0.4, -0.2) is 43.2 Å². The van der Waals surface area contributed by atoms with Crippen molar-refractivity contribution in [3.8, 4) is 16.3 Å². The van der Waals surface area contributed by atoms with E-state index in [0.29, 0.717) is 0 Å². The highest BCUT2D eigenvalue weighted by molar-refractivity contribution is 7.13. The predicted molar refractivity (Wildman–Crippen MR) is 120 cm³/mol. The van der Waals surface area contributed by atoms with Crippen LogP contribution in [0.4, 0.5) is 5.69 Å². The molecule has 2 heterocycles. The Balaban J connectivity index is 1.50. The van der Waals surface area contributed by atoms with Crippen molar-refractivity contribution in [2.75, 3.05) is 38.2 Å². The van der Waals surface area contributed by atoms with E-state index in [1.165, 1.54) is 0 Å². The summed E-state index contributed by atoms with van der Waals surface area (Å²) in [5.41, 5.74) is 9.47. The summed E-state index contributed by atoms with van der Waals surface area (Å²) in [6.45, 7) is 5.79. The zero-order valence-electron chi connectivity index (χ0n) is 17.0. The van der Waals surface area contributed by atoms with Gasteiger partial charge in [0.15, 0.2) is 0 Å². The Hall–Kier alpha value is -2.41. The molecule has 29 heavy (non-hydrogen) atoms. The molecule has 0 saturated carbocycles. The lowest BCUT2D eigenvalue weighted by Crippen LogP contribution is -2.52. The number of benzene rings is 2. The second kappa shape index (κ2) is 8.53. The van der Waals surface area contributed by atoms with Gasteiger partial charge in [-0.3, -0.25) is 4.90 Å². The van der Waals surface area contributed by atoms with E-state index in [-0.39, 0.29) is 0 Å². The van der Waals surface area contributed by atoms with Gasteiger partial charge in [-0.2, -0.15) is 0 Å². The fourth-order valence-electron chi connectivity index (χ4n) is 3.90. The Morgan fingerprint density at radius 2 is 1.76 bits per heavy atom. The molecule has 1 aromatic heterocycles. The van der Waals surface area contributed by atoms with Crippen molar-refractivity contribution in [1.82, 2.24) is 9.88 Å². The molecule has 1 atom stereocenters. The molecule has 4 rings (SSSR count). The van der Waals surface area contributed by atoms with E-state index < -0.39 is 5.66 Å². The van der Waals surface area contributed by atoms with Gasteiger partial charge in [0.1, 0.15) is 16.4 Å². The van der Waals surface area contributed by atoms with Gasteiger partial charge < -0.3 is 15.4 Å². The minimum absolute atomic E-state index is 0.597. The maximum absolute atomic E-state index is 6.84. The highest BCUT2D eigenvalue weighted by Gasteiger charge is 2.33. The van der Waals surface area contributed by atoms with Crippen LogP contribution in [0, 0.1) is 0 Å². The SMILES string of the molecule is COc1ccccc1N1CCCN(C(C)(N)c2csc(-c3ccccc3)n2)CC1. The Labute approximate surface area is 176 Å². The first kappa shape index (κ1) is 19.9. The van der Waals surface area contributed by atoms with Crippen LogP contribution in [0.1, 0.15) is 19.0 Å². The molecule has 1 unspecified atom stereocenters. The number of hydrogen-bond donors (Lipinski definition) is 1. The maximum Gasteiger partial charge on any atom is 0.142 e. The number of anilines is 1. The van der Waals surface area contributed by atoms with Crippen LogP contribution in [0.15, 0.2) is 60.0 Å². The van der Waals surface area contributed by atoms with E-state index in [0.717, 1.165) is 60.3 Å². The van der Waals surface area contributed by atoms with Crippen molar-refractivity contribution in [3.05, 3.63) is 65.7 Å². The second-order valence-corrected chi connectivity index (χ2v) is 8.41. The minimum Gasteiger partial charge on any atom is -0.495 e. The van der Waals surface area contributed by atoms with E-state index in [9.17, 15) is 0 Å². The fraction of sp³-hybridized carbons (Fsp3) is 0.348. The van der Waals surface area contributed by atoms with Gasteiger partial charge in [-0.1, -0.05) is 42.5 Å². The van der Waals surface area contributed by atoms with E-state index in [1.54, 1.807) is 18.4 Å². The van der Waals surface area contributed by atoms with Gasteiger partial charge >= 0.3 is 0 Å². The van der Waals surface area contributed by atoms with Crippen LogP contribution in [0.5, 0.6) is 5.75 Å². The summed E-state index contributed by atoms with van der Waals surface area (Å²) in [7, 11) is 1.73. The molecule has 1 aliphatic rings. The van der Waals surface area contributed by atoms with E-state index in [1.807, 2.05) is 30.3 Å². The Morgan fingerprint density at radius 1 is 1.00 bits per heavy atom. The number of aromatic nitrogens is 1. The molecule has 0 bridgehead atoms. The summed E-state index contributed by atoms with van der Waals surface area (Å²) < 4.78 is 5.56. The number of ether oxygens (including phenoxy) is 1. The third-order valence-corrected chi connectivity index (χ3v) is 6.51. The third kappa shape index (κ3) is 4.15. The quantitative estimate of drug-likeness (QED) is 0.687. The molecule has 1 saturated heterocycles. The maximum atomic E-state index is 6.84. The van der Waals surface area contributed by atoms with Gasteiger partial charge in [-0.25, -0.2) is 4.98 Å². The van der Waals surface area contributed by atoms with E-state index >= 15 is 0 Å². The highest BCUT2D eigenvalue weighted by atomic mass is 32.1. The van der Waals surface area contributed by atoms with Crippen molar-refractivity contribution >= 4 is 17.0 Å². The lowest BCUT2D eigenvalue weighted by Gasteiger charge is -2.36. The normalized spacial score (nSPS) is 17.6. The summed E-state index contributed by atoms with van der Waals surface area (Å²) in [4.78, 5) is 9.63. The van der Waals surface area contributed by atoms with Crippen LogP contribution in [0.25, 0.3) is 10.6 Å². The van der Waals surface area contributed by atoms with E-state index in [2.05, 4.69) is 46.4 Å². The van der Waals surface area contributed by atoms with Crippen molar-refractivity contribution in [1.29, 1.82) is 0 Å². The number of methoxy groups -OCH3 is 1. The smallest absolute Gasteiger partial charge is 0.142 e. The summed E-state index contributed by atoms with van der Waals surface area (Å²) in [5.74, 6) is 0.920. The third-order valence-electron chi connectivity index (χ3n) is 5.62. The van der Waals surface area contributed by atoms with Crippen LogP contribution in [0.3, 0.4) is 0 Å². The molecule has 0 radical (unpaired) electrons. The van der Waals surface area contributed by atoms with Crippen LogP contribution >= 0.6 is 11.3 Å². The first-order valence-electron chi connectivity index (χ1n) is 10.0. The Morgan fingerprint density at radius 3 is 2.55 bits per heavy atom. The molecule has 5 nitrogen and oxygen atoms in total. The minimum atomic E-state index is -0.597. The molecule has 6 heteroatoms. The average molecular weight is 409 g/mol. The van der Waals surface area contributed by atoms with Crippen LogP contribution in [-0.2, 0) is 5.66 Å². The Bertz CT molecular complexity index is 941. The van der Waals surface area contributed by atoms with Crippen LogP contribution < -0.4 is 15.4 Å². The molecule has 152 valence electrons. The summed E-state index contributed by atoms with van der Waals surface area (Å²) in [6, 6.07) is 18.5. The molecule has 0 amide bonds. The number of thiazole rings is 1. The topological polar surface area (TPSA) is 54.6 Å². The Kier molecular flexibility index (Phi) is 5.85. The first-order chi connectivity index (χ1) is 14.1. The van der Waals surface area contributed by atoms with Crippen molar-refractivity contribution in [2.24, 2.45) is 5.73 Å². The van der Waals surface area contributed by atoms with Gasteiger partial charge in [0.25, 0.3) is 0 Å². The average Bonchev–Trinajstić information content (AvgIpc) is 3.13. The lowest BCUT2D eigenvalue weighted by molar-refractivity contribution is 0.113. The van der Waals surface area contributed by atoms with Gasteiger partial charge in [0.05, 0.1) is 18.5 Å². The van der Waals surface area contributed by atoms with Gasteiger partial charge in [0.2, 0.25) is 0 Å². The fourth-order valence-corrected chi connectivity index (χ4v) is 4.83. The summed E-state index contributed by atoms with van der Waals surface area (Å²) >= 11 is 1.66. The van der Waals surface area contributed by atoms with Gasteiger partial charge in [-0.15, -0.1) is 11.3 Å². The molecule has 3 aromatic rings. The molecule has 1 aliphatic heterocycles. The predicted octanol–water partition coefficient (Wildman–Crippen LogP) is 4.16. The summed E-state index contributed by atoms with van der Waals surface area (Å²) in [6.07, 6.45) is 1.04. The second-order valence-electron chi connectivity index (χ2n) is 7.55. The number of rotatable bonds is 5. The highest BCUT2D eigenvalue weighted by Crippen LogP contribution is 2.32. The number of para-hydroxylation sites is 2. The largest absolute Gasteiger partial charge is 0.495 e. The first-order valence-corrected chi connectivity index (χ1v) is 10.9. The monoisotopic (exact) mass is 408 g/mol. The van der Waals surface area contributed by atoms with Crippen molar-refractivity contribution in [3.63, 3.8) is 0 Å². The zero-order chi connectivity index (χ0) is 20.3. The molecule has 2 aromatic carbocycles. The molecule has 2 N–H and O–H groups in total. The summed E-state index contributed by atoms with van der Waals surface area (Å²) in [5, 5.41) is 3.12. The molecule has 1 fully saturated rings. The van der Waals surface area contributed by atoms with E-state index in [4.69, 9.17) is 15.5 Å². The molecule has 0 aliphatic carbocycles. The standard InChI is InChI=1S/C23H28N4OS/c1-23(24,21-17-29-22(25-21)18-9-4-3-5-10-18)27-14-8-13-26(15-16-27)19-11-6-7-12-20(19)28-2/h3-7,9-12,17H,8,13-16,24H2,1-2H3. The van der Waals surface area contributed by atoms with Crippen molar-refractivity contribution in [2.45, 2.75) is 19.0 Å². The molecule has 0 spiro atoms. The van der Waals surface area contributed by atoms with Crippen LogP contribution in [0.2, 0.25) is 0 Å².